The van der Waals surface area contributed by atoms with Gasteiger partial charge in [-0.2, -0.15) is 0 Å². The number of hydrogen-bond acceptors (Lipinski definition) is 3. The molecule has 0 aliphatic rings. The van der Waals surface area contributed by atoms with Crippen molar-refractivity contribution in [2.45, 2.75) is 6.36 Å². The van der Waals surface area contributed by atoms with E-state index in [0.717, 1.165) is 0 Å². The van der Waals surface area contributed by atoms with Crippen molar-refractivity contribution < 1.29 is 19.3 Å². The predicted octanol–water partition coefficient (Wildman–Crippen LogP) is -0.717. The molecule has 50 valence electrons. The number of rotatable bonds is 4. The lowest BCUT2D eigenvalue weighted by molar-refractivity contribution is -0.0448. The number of alkyl halides is 1. The van der Waals surface area contributed by atoms with Crippen LogP contribution in [-0.2, 0) is 4.74 Å². The Labute approximate surface area is 46.7 Å². The highest BCUT2D eigenvalue weighted by Crippen LogP contribution is 1.83. The van der Waals surface area contributed by atoms with Crippen LogP contribution in [-0.4, -0.2) is 36.4 Å². The van der Waals surface area contributed by atoms with E-state index in [1.165, 1.54) is 0 Å². The first-order chi connectivity index (χ1) is 3.77. The van der Waals surface area contributed by atoms with E-state index in [-0.39, 0.29) is 19.8 Å². The van der Waals surface area contributed by atoms with Crippen molar-refractivity contribution >= 4 is 0 Å². The first kappa shape index (κ1) is 7.81. The number of aliphatic hydroxyl groups is 2. The standard InChI is InChI=1S/C4H9FO3/c5-4(7)3-8-2-1-6/h4,6-7H,1-3H2. The highest BCUT2D eigenvalue weighted by atomic mass is 19.1. The zero-order valence-corrected chi connectivity index (χ0v) is 4.38. The summed E-state index contributed by atoms with van der Waals surface area (Å²) in [5.74, 6) is 0. The maximum Gasteiger partial charge on any atom is 0.220 e. The van der Waals surface area contributed by atoms with Crippen molar-refractivity contribution in [2.24, 2.45) is 0 Å². The van der Waals surface area contributed by atoms with Crippen LogP contribution in [0.1, 0.15) is 0 Å². The molecule has 8 heavy (non-hydrogen) atoms. The third-order valence-corrected chi connectivity index (χ3v) is 0.491. The summed E-state index contributed by atoms with van der Waals surface area (Å²) in [6, 6.07) is 0. The highest BCUT2D eigenvalue weighted by molar-refractivity contribution is 4.31. The van der Waals surface area contributed by atoms with Crippen LogP contribution in [0.2, 0.25) is 0 Å². The minimum absolute atomic E-state index is 0.0704. The van der Waals surface area contributed by atoms with Gasteiger partial charge in [0, 0.05) is 0 Å². The van der Waals surface area contributed by atoms with Gasteiger partial charge in [-0.25, -0.2) is 4.39 Å². The molecule has 0 saturated heterocycles. The summed E-state index contributed by atoms with van der Waals surface area (Å²) in [5.41, 5.74) is 0. The van der Waals surface area contributed by atoms with Crippen LogP contribution in [0.4, 0.5) is 4.39 Å². The molecule has 0 fully saturated rings. The van der Waals surface area contributed by atoms with Gasteiger partial charge in [0.05, 0.1) is 13.2 Å². The molecule has 0 spiro atoms. The molecule has 0 amide bonds. The maximum atomic E-state index is 11.4. The third-order valence-electron chi connectivity index (χ3n) is 0.491. The minimum Gasteiger partial charge on any atom is -0.394 e. The smallest absolute Gasteiger partial charge is 0.220 e. The lowest BCUT2D eigenvalue weighted by atomic mass is 10.7. The van der Waals surface area contributed by atoms with E-state index < -0.39 is 6.36 Å². The quantitative estimate of drug-likeness (QED) is 0.486. The predicted molar refractivity (Wildman–Crippen MR) is 25.0 cm³/mol. The average Bonchev–Trinajstić information content (AvgIpc) is 1.66. The molecule has 0 radical (unpaired) electrons. The Kier molecular flexibility index (Phi) is 4.84. The van der Waals surface area contributed by atoms with Gasteiger partial charge in [0.2, 0.25) is 6.36 Å². The fourth-order valence-electron chi connectivity index (χ4n) is 0.245. The molecule has 2 N–H and O–H groups in total. The Bertz CT molecular complexity index is 48.5. The van der Waals surface area contributed by atoms with Gasteiger partial charge in [0.25, 0.3) is 0 Å². The van der Waals surface area contributed by atoms with Crippen LogP contribution in [0, 0.1) is 0 Å². The van der Waals surface area contributed by atoms with Crippen molar-refractivity contribution in [2.75, 3.05) is 19.8 Å². The first-order valence-corrected chi connectivity index (χ1v) is 2.28. The van der Waals surface area contributed by atoms with Gasteiger partial charge >= 0.3 is 0 Å². The third kappa shape index (κ3) is 5.81. The number of halogens is 1. The van der Waals surface area contributed by atoms with Crippen molar-refractivity contribution in [1.29, 1.82) is 0 Å². The van der Waals surface area contributed by atoms with E-state index in [0.29, 0.717) is 0 Å². The van der Waals surface area contributed by atoms with Crippen LogP contribution in [0.15, 0.2) is 0 Å². The zero-order chi connectivity index (χ0) is 6.41. The Morgan fingerprint density at radius 1 is 1.62 bits per heavy atom. The Hall–Kier alpha value is -0.190. The summed E-state index contributed by atoms with van der Waals surface area (Å²) >= 11 is 0. The molecule has 0 aliphatic carbocycles. The minimum atomic E-state index is -1.93. The second-order valence-corrected chi connectivity index (χ2v) is 1.23. The summed E-state index contributed by atoms with van der Waals surface area (Å²) in [5, 5.41) is 16.0. The van der Waals surface area contributed by atoms with E-state index in [1.807, 2.05) is 0 Å². The summed E-state index contributed by atoms with van der Waals surface area (Å²) in [7, 11) is 0. The fourth-order valence-corrected chi connectivity index (χ4v) is 0.245. The Morgan fingerprint density at radius 3 is 2.62 bits per heavy atom. The molecule has 0 bridgehead atoms. The first-order valence-electron chi connectivity index (χ1n) is 2.28. The van der Waals surface area contributed by atoms with Crippen LogP contribution < -0.4 is 0 Å². The lowest BCUT2D eigenvalue weighted by Crippen LogP contribution is -2.10. The molecule has 0 heterocycles. The number of aliphatic hydroxyl groups excluding tert-OH is 2. The summed E-state index contributed by atoms with van der Waals surface area (Å²) in [6.45, 7) is -0.436. The van der Waals surface area contributed by atoms with Gasteiger partial charge in [-0.15, -0.1) is 0 Å². The van der Waals surface area contributed by atoms with Crippen molar-refractivity contribution in [3.8, 4) is 0 Å². The largest absolute Gasteiger partial charge is 0.394 e. The van der Waals surface area contributed by atoms with Crippen LogP contribution in [0.5, 0.6) is 0 Å². The number of ether oxygens (including phenoxy) is 1. The molecule has 0 aliphatic heterocycles. The van der Waals surface area contributed by atoms with Gasteiger partial charge in [-0.05, 0) is 0 Å². The number of hydrogen-bond donors (Lipinski definition) is 2. The van der Waals surface area contributed by atoms with E-state index in [9.17, 15) is 4.39 Å². The van der Waals surface area contributed by atoms with Gasteiger partial charge in [-0.3, -0.25) is 0 Å². The molecule has 0 rings (SSSR count). The molecule has 4 heteroatoms. The van der Waals surface area contributed by atoms with Crippen molar-refractivity contribution in [3.05, 3.63) is 0 Å². The molecule has 0 saturated carbocycles. The summed E-state index contributed by atoms with van der Waals surface area (Å²) in [4.78, 5) is 0. The van der Waals surface area contributed by atoms with Crippen molar-refractivity contribution in [3.63, 3.8) is 0 Å². The average molecular weight is 124 g/mol. The molecule has 1 atom stereocenters. The van der Waals surface area contributed by atoms with E-state index >= 15 is 0 Å². The second kappa shape index (κ2) is 4.96. The Morgan fingerprint density at radius 2 is 2.25 bits per heavy atom. The van der Waals surface area contributed by atoms with Gasteiger partial charge in [0.1, 0.15) is 6.61 Å². The Balaban J connectivity index is 2.72. The molecule has 3 nitrogen and oxygen atoms in total. The fraction of sp³-hybridized carbons (Fsp3) is 1.00. The molecule has 0 aromatic carbocycles. The highest BCUT2D eigenvalue weighted by Gasteiger charge is 1.96. The molecule has 0 aromatic heterocycles. The maximum absolute atomic E-state index is 11.4. The molecular formula is C4H9FO3. The second-order valence-electron chi connectivity index (χ2n) is 1.23. The zero-order valence-electron chi connectivity index (χ0n) is 4.38. The van der Waals surface area contributed by atoms with Gasteiger partial charge < -0.3 is 14.9 Å². The van der Waals surface area contributed by atoms with E-state index in [4.69, 9.17) is 10.2 Å². The van der Waals surface area contributed by atoms with Gasteiger partial charge in [-0.1, -0.05) is 0 Å². The van der Waals surface area contributed by atoms with Crippen LogP contribution in [0.25, 0.3) is 0 Å². The van der Waals surface area contributed by atoms with Crippen LogP contribution in [0.3, 0.4) is 0 Å². The molecular weight excluding hydrogens is 115 g/mol. The summed E-state index contributed by atoms with van der Waals surface area (Å²) < 4.78 is 15.7. The monoisotopic (exact) mass is 124 g/mol. The topological polar surface area (TPSA) is 49.7 Å². The van der Waals surface area contributed by atoms with E-state index in [2.05, 4.69) is 4.74 Å². The van der Waals surface area contributed by atoms with E-state index in [1.54, 1.807) is 0 Å². The summed E-state index contributed by atoms with van der Waals surface area (Å²) in [6.07, 6.45) is -1.93. The molecule has 0 aromatic rings. The molecule has 1 unspecified atom stereocenters. The van der Waals surface area contributed by atoms with Gasteiger partial charge in [0.15, 0.2) is 0 Å². The SMILES string of the molecule is OCCOCC(O)F. The van der Waals surface area contributed by atoms with Crippen molar-refractivity contribution in [1.82, 2.24) is 0 Å². The lowest BCUT2D eigenvalue weighted by Gasteiger charge is -1.99. The van der Waals surface area contributed by atoms with Crippen LogP contribution >= 0.6 is 0 Å². The normalized spacial score (nSPS) is 13.9.